The van der Waals surface area contributed by atoms with Crippen LogP contribution in [0.2, 0.25) is 0 Å². The van der Waals surface area contributed by atoms with Gasteiger partial charge in [-0.25, -0.2) is 4.98 Å². The van der Waals surface area contributed by atoms with Gasteiger partial charge in [0.15, 0.2) is 5.16 Å². The number of thioether (sulfide) groups is 1. The Balaban J connectivity index is 1.42. The maximum absolute atomic E-state index is 13.5. The summed E-state index contributed by atoms with van der Waals surface area (Å²) in [5, 5.41) is 1.13. The van der Waals surface area contributed by atoms with Crippen molar-refractivity contribution in [2.75, 3.05) is 17.3 Å². The Hall–Kier alpha value is -3.42. The molecule has 0 bridgehead atoms. The summed E-state index contributed by atoms with van der Waals surface area (Å²) in [5.41, 5.74) is 2.43. The molecule has 7 heteroatoms. The van der Waals surface area contributed by atoms with Crippen LogP contribution in [0.3, 0.4) is 0 Å². The fourth-order valence-electron chi connectivity index (χ4n) is 4.31. The molecule has 1 unspecified atom stereocenters. The molecule has 1 aliphatic rings. The number of para-hydroxylation sites is 2. The highest BCUT2D eigenvalue weighted by atomic mass is 32.2. The minimum Gasteiger partial charge on any atom is -0.376 e. The second-order valence-corrected chi connectivity index (χ2v) is 9.49. The molecule has 35 heavy (non-hydrogen) atoms. The van der Waals surface area contributed by atoms with Crippen LogP contribution in [0.5, 0.6) is 0 Å². The molecule has 1 atom stereocenters. The third kappa shape index (κ3) is 5.47. The van der Waals surface area contributed by atoms with E-state index in [1.807, 2.05) is 78.9 Å². The minimum atomic E-state index is -0.0924. The number of carbonyl (C=O) groups excluding carboxylic acids is 1. The Morgan fingerprint density at radius 2 is 1.71 bits per heavy atom. The van der Waals surface area contributed by atoms with Gasteiger partial charge in [0.1, 0.15) is 0 Å². The van der Waals surface area contributed by atoms with Gasteiger partial charge in [-0.2, -0.15) is 0 Å². The average molecular weight is 486 g/mol. The smallest absolute Gasteiger partial charge is 0.262 e. The molecule has 3 aromatic carbocycles. The van der Waals surface area contributed by atoms with E-state index in [0.29, 0.717) is 35.8 Å². The third-order valence-electron chi connectivity index (χ3n) is 6.11. The lowest BCUT2D eigenvalue weighted by molar-refractivity contribution is -0.116. The van der Waals surface area contributed by atoms with E-state index in [0.717, 1.165) is 24.1 Å². The Morgan fingerprint density at radius 3 is 2.46 bits per heavy atom. The lowest BCUT2D eigenvalue weighted by Crippen LogP contribution is -2.33. The number of amides is 1. The standard InChI is InChI=1S/C28H27N3O3S/c32-26(30(22-12-5-2-6-13-22)18-21-10-3-1-4-11-21)20-35-28-29-25-16-8-7-15-24(25)27(33)31(28)19-23-14-9-17-34-23/h1-8,10-13,15-16,23H,9,14,17-20H2. The molecule has 1 amide bonds. The highest BCUT2D eigenvalue weighted by molar-refractivity contribution is 7.99. The molecule has 2 heterocycles. The quantitative estimate of drug-likeness (QED) is 0.262. The van der Waals surface area contributed by atoms with Gasteiger partial charge in [-0.05, 0) is 42.7 Å². The lowest BCUT2D eigenvalue weighted by Gasteiger charge is -2.23. The topological polar surface area (TPSA) is 64.4 Å². The van der Waals surface area contributed by atoms with E-state index in [1.165, 1.54) is 11.8 Å². The van der Waals surface area contributed by atoms with Crippen LogP contribution >= 0.6 is 11.8 Å². The molecule has 1 fully saturated rings. The number of anilines is 1. The number of nitrogens with zero attached hydrogens (tertiary/aromatic N) is 3. The molecule has 0 N–H and O–H groups in total. The summed E-state index contributed by atoms with van der Waals surface area (Å²) in [6, 6.07) is 27.0. The summed E-state index contributed by atoms with van der Waals surface area (Å²) in [4.78, 5) is 33.4. The van der Waals surface area contributed by atoms with Gasteiger partial charge in [0.25, 0.3) is 5.56 Å². The molecule has 0 saturated carbocycles. The van der Waals surface area contributed by atoms with E-state index in [-0.39, 0.29) is 23.3 Å². The molecule has 1 aliphatic heterocycles. The zero-order valence-electron chi connectivity index (χ0n) is 19.4. The normalized spacial score (nSPS) is 15.4. The molecule has 4 aromatic rings. The van der Waals surface area contributed by atoms with Crippen LogP contribution in [0.15, 0.2) is 94.9 Å². The first-order chi connectivity index (χ1) is 17.2. The van der Waals surface area contributed by atoms with E-state index < -0.39 is 0 Å². The molecule has 0 radical (unpaired) electrons. The van der Waals surface area contributed by atoms with E-state index in [1.54, 1.807) is 15.5 Å². The van der Waals surface area contributed by atoms with Crippen LogP contribution < -0.4 is 10.5 Å². The van der Waals surface area contributed by atoms with Gasteiger partial charge in [-0.15, -0.1) is 0 Å². The Morgan fingerprint density at radius 1 is 1.00 bits per heavy atom. The van der Waals surface area contributed by atoms with Crippen molar-refractivity contribution < 1.29 is 9.53 Å². The summed E-state index contributed by atoms with van der Waals surface area (Å²) in [7, 11) is 0. The number of hydrogen-bond donors (Lipinski definition) is 0. The van der Waals surface area contributed by atoms with Crippen molar-refractivity contribution in [2.45, 2.75) is 37.2 Å². The second kappa shape index (κ2) is 10.9. The first-order valence-corrected chi connectivity index (χ1v) is 12.8. The highest BCUT2D eigenvalue weighted by Gasteiger charge is 2.22. The molecular weight excluding hydrogens is 458 g/mol. The number of aromatic nitrogens is 2. The van der Waals surface area contributed by atoms with Gasteiger partial charge in [0, 0.05) is 12.3 Å². The predicted octanol–water partition coefficient (Wildman–Crippen LogP) is 4.90. The van der Waals surface area contributed by atoms with E-state index in [2.05, 4.69) is 0 Å². The van der Waals surface area contributed by atoms with Gasteiger partial charge in [-0.1, -0.05) is 72.4 Å². The van der Waals surface area contributed by atoms with Gasteiger partial charge in [0.2, 0.25) is 5.91 Å². The highest BCUT2D eigenvalue weighted by Crippen LogP contribution is 2.24. The summed E-state index contributed by atoms with van der Waals surface area (Å²) in [6.07, 6.45) is 1.90. The average Bonchev–Trinajstić information content (AvgIpc) is 3.42. The summed E-state index contributed by atoms with van der Waals surface area (Å²) in [5.74, 6) is 0.119. The van der Waals surface area contributed by atoms with E-state index >= 15 is 0 Å². The molecule has 1 saturated heterocycles. The molecule has 1 aromatic heterocycles. The van der Waals surface area contributed by atoms with Gasteiger partial charge < -0.3 is 9.64 Å². The second-order valence-electron chi connectivity index (χ2n) is 8.55. The number of benzene rings is 3. The van der Waals surface area contributed by atoms with Crippen LogP contribution in [0.4, 0.5) is 5.69 Å². The fourth-order valence-corrected chi connectivity index (χ4v) is 5.20. The Bertz CT molecular complexity index is 1350. The largest absolute Gasteiger partial charge is 0.376 e. The first kappa shape index (κ1) is 23.3. The van der Waals surface area contributed by atoms with Crippen molar-refractivity contribution in [3.63, 3.8) is 0 Å². The van der Waals surface area contributed by atoms with Crippen molar-refractivity contribution in [3.05, 3.63) is 101 Å². The Labute approximate surface area is 208 Å². The number of carbonyl (C=O) groups is 1. The first-order valence-electron chi connectivity index (χ1n) is 11.8. The number of rotatable bonds is 8. The zero-order valence-corrected chi connectivity index (χ0v) is 20.2. The summed E-state index contributed by atoms with van der Waals surface area (Å²) >= 11 is 1.31. The minimum absolute atomic E-state index is 0.00962. The predicted molar refractivity (Wildman–Crippen MR) is 140 cm³/mol. The number of hydrogen-bond acceptors (Lipinski definition) is 5. The molecule has 6 nitrogen and oxygen atoms in total. The van der Waals surface area contributed by atoms with Crippen molar-refractivity contribution in [1.29, 1.82) is 0 Å². The van der Waals surface area contributed by atoms with Crippen LogP contribution in [0.1, 0.15) is 18.4 Å². The monoisotopic (exact) mass is 485 g/mol. The SMILES string of the molecule is O=C(CSc1nc2ccccc2c(=O)n1CC1CCCO1)N(Cc1ccccc1)c1ccccc1. The maximum Gasteiger partial charge on any atom is 0.262 e. The van der Waals surface area contributed by atoms with E-state index in [4.69, 9.17) is 9.72 Å². The lowest BCUT2D eigenvalue weighted by atomic mass is 10.2. The summed E-state index contributed by atoms with van der Waals surface area (Å²) in [6.45, 7) is 1.63. The molecule has 178 valence electrons. The van der Waals surface area contributed by atoms with Crippen LogP contribution in [0, 0.1) is 0 Å². The van der Waals surface area contributed by atoms with Gasteiger partial charge in [0.05, 0.1) is 35.8 Å². The van der Waals surface area contributed by atoms with Gasteiger partial charge in [-0.3, -0.25) is 14.2 Å². The third-order valence-corrected chi connectivity index (χ3v) is 7.08. The van der Waals surface area contributed by atoms with Crippen molar-refractivity contribution in [3.8, 4) is 0 Å². The molecule has 0 aliphatic carbocycles. The van der Waals surface area contributed by atoms with Crippen molar-refractivity contribution >= 4 is 34.3 Å². The van der Waals surface area contributed by atoms with Crippen molar-refractivity contribution in [1.82, 2.24) is 9.55 Å². The zero-order chi connectivity index (χ0) is 24.0. The Kier molecular flexibility index (Phi) is 7.25. The van der Waals surface area contributed by atoms with Gasteiger partial charge >= 0.3 is 0 Å². The fraction of sp³-hybridized carbons (Fsp3) is 0.250. The molecule has 0 spiro atoms. The number of ether oxygens (including phenoxy) is 1. The van der Waals surface area contributed by atoms with Crippen LogP contribution in [-0.2, 0) is 22.6 Å². The maximum atomic E-state index is 13.5. The molecular formula is C28H27N3O3S. The molecule has 5 rings (SSSR count). The van der Waals surface area contributed by atoms with Crippen molar-refractivity contribution in [2.24, 2.45) is 0 Å². The number of fused-ring (bicyclic) bond motifs is 1. The van der Waals surface area contributed by atoms with Crippen LogP contribution in [-0.4, -0.2) is 33.9 Å². The van der Waals surface area contributed by atoms with Crippen LogP contribution in [0.25, 0.3) is 10.9 Å². The van der Waals surface area contributed by atoms with E-state index in [9.17, 15) is 9.59 Å². The summed E-state index contributed by atoms with van der Waals surface area (Å²) < 4.78 is 7.48.